The van der Waals surface area contributed by atoms with Crippen molar-refractivity contribution in [3.8, 4) is 0 Å². The predicted octanol–water partition coefficient (Wildman–Crippen LogP) is 24.3. The van der Waals surface area contributed by atoms with Gasteiger partial charge in [-0.1, -0.05) is 375 Å². The molecule has 0 saturated carbocycles. The van der Waals surface area contributed by atoms with Crippen LogP contribution in [0.3, 0.4) is 0 Å². The van der Waals surface area contributed by atoms with E-state index < -0.39 is 97.5 Å². The maximum atomic E-state index is 13.1. The molecular formula is C81H158O17P2. The molecule has 4 unspecified atom stereocenters. The highest BCUT2D eigenvalue weighted by molar-refractivity contribution is 7.47. The molecule has 3 N–H and O–H groups in total. The van der Waals surface area contributed by atoms with Gasteiger partial charge < -0.3 is 33.8 Å². The van der Waals surface area contributed by atoms with Crippen molar-refractivity contribution < 1.29 is 80.2 Å². The number of aliphatic hydroxyl groups excluding tert-OH is 1. The lowest BCUT2D eigenvalue weighted by Gasteiger charge is -2.21. The molecule has 0 aliphatic carbocycles. The van der Waals surface area contributed by atoms with E-state index in [0.29, 0.717) is 25.7 Å². The maximum absolute atomic E-state index is 13.1. The molecule has 0 spiro atoms. The van der Waals surface area contributed by atoms with E-state index in [1.165, 1.54) is 238 Å². The number of unbranched alkanes of at least 4 members (excludes halogenated alkanes) is 48. The van der Waals surface area contributed by atoms with Gasteiger partial charge in [-0.15, -0.1) is 0 Å². The number of ether oxygens (including phenoxy) is 4. The number of carbonyl (C=O) groups excluding carboxylic acids is 4. The number of hydrogen-bond donors (Lipinski definition) is 3. The summed E-state index contributed by atoms with van der Waals surface area (Å²) in [7, 11) is -9.91. The Morgan fingerprint density at radius 3 is 0.710 bits per heavy atom. The summed E-state index contributed by atoms with van der Waals surface area (Å²) >= 11 is 0. The van der Waals surface area contributed by atoms with Gasteiger partial charge in [0.05, 0.1) is 26.4 Å². The minimum absolute atomic E-state index is 0.107. The molecule has 0 rings (SSSR count). The van der Waals surface area contributed by atoms with Gasteiger partial charge in [-0.05, 0) is 37.5 Å². The van der Waals surface area contributed by atoms with Crippen LogP contribution in [0.2, 0.25) is 0 Å². The van der Waals surface area contributed by atoms with E-state index in [2.05, 4.69) is 41.5 Å². The summed E-state index contributed by atoms with van der Waals surface area (Å²) in [5.74, 6) is -0.399. The summed E-state index contributed by atoms with van der Waals surface area (Å²) < 4.78 is 68.5. The van der Waals surface area contributed by atoms with Gasteiger partial charge in [-0.2, -0.15) is 0 Å². The van der Waals surface area contributed by atoms with E-state index >= 15 is 0 Å². The zero-order chi connectivity index (χ0) is 73.5. The number of aliphatic hydroxyl groups is 1. The smallest absolute Gasteiger partial charge is 0.462 e. The molecule has 0 radical (unpaired) electrons. The lowest BCUT2D eigenvalue weighted by Crippen LogP contribution is -2.30. The van der Waals surface area contributed by atoms with Crippen molar-refractivity contribution >= 4 is 39.5 Å². The van der Waals surface area contributed by atoms with Gasteiger partial charge in [-0.25, -0.2) is 9.13 Å². The standard InChI is InChI=1S/C81H158O17P2/c1-7-11-13-15-16-17-18-19-24-32-37-42-47-53-59-65-80(85)97-76(69-91-78(83)63-57-49-14-12-8-2)71-95-99(87,88)93-67-75(82)68-94-100(89,90)96-72-77(70-92-79(84)64-58-52-46-41-36-31-28-27-30-35-40-45-51-56-62-74(6)10-4)98-81(86)66-60-54-48-43-38-33-26-23-21-20-22-25-29-34-39-44-50-55-61-73(5)9-3/h73-77,82H,7-72H2,1-6H3,(H,87,88)(H,89,90)/t73?,74?,75-,76+,77+/m0/s1. The van der Waals surface area contributed by atoms with Crippen LogP contribution in [0.25, 0.3) is 0 Å². The molecule has 19 heteroatoms. The minimum atomic E-state index is -4.96. The summed E-state index contributed by atoms with van der Waals surface area (Å²) in [4.78, 5) is 72.7. The highest BCUT2D eigenvalue weighted by atomic mass is 31.2. The van der Waals surface area contributed by atoms with Crippen molar-refractivity contribution in [3.05, 3.63) is 0 Å². The Morgan fingerprint density at radius 2 is 0.480 bits per heavy atom. The fourth-order valence-electron chi connectivity index (χ4n) is 12.5. The van der Waals surface area contributed by atoms with Crippen LogP contribution in [0.15, 0.2) is 0 Å². The van der Waals surface area contributed by atoms with Gasteiger partial charge in [0.2, 0.25) is 0 Å². The van der Waals surface area contributed by atoms with Crippen molar-refractivity contribution in [2.24, 2.45) is 11.8 Å². The Morgan fingerprint density at radius 1 is 0.280 bits per heavy atom. The third-order valence-electron chi connectivity index (χ3n) is 19.7. The van der Waals surface area contributed by atoms with E-state index in [1.54, 1.807) is 0 Å². The molecule has 100 heavy (non-hydrogen) atoms. The Bertz CT molecular complexity index is 1930. The lowest BCUT2D eigenvalue weighted by atomic mass is 9.99. The third-order valence-corrected chi connectivity index (χ3v) is 21.6. The topological polar surface area (TPSA) is 237 Å². The van der Waals surface area contributed by atoms with Gasteiger partial charge in [0, 0.05) is 25.7 Å². The van der Waals surface area contributed by atoms with Crippen LogP contribution >= 0.6 is 15.6 Å². The first-order valence-corrected chi connectivity index (χ1v) is 45.1. The van der Waals surface area contributed by atoms with Crippen LogP contribution < -0.4 is 0 Å². The monoisotopic (exact) mass is 1470 g/mol. The van der Waals surface area contributed by atoms with Crippen LogP contribution in [0.1, 0.15) is 427 Å². The highest BCUT2D eigenvalue weighted by Crippen LogP contribution is 2.45. The molecule has 0 saturated heterocycles. The second-order valence-corrected chi connectivity index (χ2v) is 32.6. The SMILES string of the molecule is CCCCCCCCCCCCCCCCCC(=O)O[C@H](COC(=O)CCCCCCC)COP(=O)(O)OC[C@H](O)COP(=O)(O)OC[C@@H](COC(=O)CCCCCCCCCCCCCCCCC(C)CC)OC(=O)CCCCCCCCCCCCCCCCCCCCC(C)CC. The van der Waals surface area contributed by atoms with Gasteiger partial charge in [0.15, 0.2) is 12.2 Å². The number of hydrogen-bond acceptors (Lipinski definition) is 15. The molecule has 0 fully saturated rings. The zero-order valence-electron chi connectivity index (χ0n) is 65.5. The molecule has 7 atom stereocenters. The van der Waals surface area contributed by atoms with E-state index in [4.69, 9.17) is 37.0 Å². The molecular weight excluding hydrogens is 1310 g/mol. The predicted molar refractivity (Wildman–Crippen MR) is 409 cm³/mol. The molecule has 0 bridgehead atoms. The Hall–Kier alpha value is -1.94. The summed E-state index contributed by atoms with van der Waals surface area (Å²) in [6, 6.07) is 0. The fourth-order valence-corrected chi connectivity index (χ4v) is 14.1. The van der Waals surface area contributed by atoms with Crippen molar-refractivity contribution in [1.29, 1.82) is 0 Å². The average Bonchev–Trinajstić information content (AvgIpc) is 0.953. The van der Waals surface area contributed by atoms with Crippen molar-refractivity contribution in [2.75, 3.05) is 39.6 Å². The number of phosphoric acid groups is 2. The second-order valence-electron chi connectivity index (χ2n) is 29.6. The minimum Gasteiger partial charge on any atom is -0.462 e. The number of rotatable bonds is 80. The molecule has 17 nitrogen and oxygen atoms in total. The summed E-state index contributed by atoms with van der Waals surface area (Å²) in [6.45, 7) is 9.67. The lowest BCUT2D eigenvalue weighted by molar-refractivity contribution is -0.161. The molecule has 0 aromatic heterocycles. The van der Waals surface area contributed by atoms with Crippen LogP contribution in [-0.4, -0.2) is 96.7 Å². The molecule has 0 aromatic rings. The molecule has 0 aliphatic rings. The number of carbonyl (C=O) groups is 4. The van der Waals surface area contributed by atoms with E-state index in [-0.39, 0.29) is 25.7 Å². The fraction of sp³-hybridized carbons (Fsp3) is 0.951. The average molecular weight is 1470 g/mol. The first-order chi connectivity index (χ1) is 48.4. The first-order valence-electron chi connectivity index (χ1n) is 42.1. The maximum Gasteiger partial charge on any atom is 0.472 e. The second kappa shape index (κ2) is 72.6. The largest absolute Gasteiger partial charge is 0.472 e. The Balaban J connectivity index is 5.12. The molecule has 0 amide bonds. The molecule has 0 aliphatic heterocycles. The van der Waals surface area contributed by atoms with Gasteiger partial charge >= 0.3 is 39.5 Å². The molecule has 594 valence electrons. The van der Waals surface area contributed by atoms with Crippen molar-refractivity contribution in [2.45, 2.75) is 445 Å². The van der Waals surface area contributed by atoms with Gasteiger partial charge in [-0.3, -0.25) is 37.3 Å². The number of phosphoric ester groups is 2. The zero-order valence-corrected chi connectivity index (χ0v) is 67.3. The Labute approximate surface area is 613 Å². The summed E-state index contributed by atoms with van der Waals surface area (Å²) in [6.07, 6.45) is 62.8. The van der Waals surface area contributed by atoms with Gasteiger partial charge in [0.25, 0.3) is 0 Å². The molecule has 0 aromatic carbocycles. The van der Waals surface area contributed by atoms with Crippen LogP contribution in [0.4, 0.5) is 0 Å². The molecule has 0 heterocycles. The third kappa shape index (κ3) is 71.7. The highest BCUT2D eigenvalue weighted by Gasteiger charge is 2.30. The summed E-state index contributed by atoms with van der Waals surface area (Å²) in [5, 5.41) is 10.6. The van der Waals surface area contributed by atoms with E-state index in [9.17, 15) is 43.2 Å². The Kier molecular flexibility index (Phi) is 71.2. The van der Waals surface area contributed by atoms with Gasteiger partial charge in [0.1, 0.15) is 19.3 Å². The first kappa shape index (κ1) is 98.1. The van der Waals surface area contributed by atoms with Crippen LogP contribution in [0, 0.1) is 11.8 Å². The van der Waals surface area contributed by atoms with E-state index in [1.807, 2.05) is 0 Å². The van der Waals surface area contributed by atoms with Crippen molar-refractivity contribution in [1.82, 2.24) is 0 Å². The number of esters is 4. The van der Waals surface area contributed by atoms with E-state index in [0.717, 1.165) is 108 Å². The summed E-state index contributed by atoms with van der Waals surface area (Å²) in [5.41, 5.74) is 0. The quantitative estimate of drug-likeness (QED) is 0.0222. The van der Waals surface area contributed by atoms with Crippen LogP contribution in [-0.2, 0) is 65.4 Å². The van der Waals surface area contributed by atoms with Crippen LogP contribution in [0.5, 0.6) is 0 Å². The van der Waals surface area contributed by atoms with Crippen molar-refractivity contribution in [3.63, 3.8) is 0 Å². The normalized spacial score (nSPS) is 14.4.